The van der Waals surface area contributed by atoms with E-state index in [0.717, 1.165) is 18.4 Å². The summed E-state index contributed by atoms with van der Waals surface area (Å²) in [7, 11) is -3.87. The van der Waals surface area contributed by atoms with E-state index < -0.39 is 32.0 Å². The second kappa shape index (κ2) is 8.24. The first-order chi connectivity index (χ1) is 12.5. The van der Waals surface area contributed by atoms with Crippen molar-refractivity contribution < 1.29 is 26.9 Å². The predicted molar refractivity (Wildman–Crippen MR) is 96.6 cm³/mol. The van der Waals surface area contributed by atoms with Gasteiger partial charge >= 0.3 is 6.61 Å². The molecule has 0 aliphatic heterocycles. The van der Waals surface area contributed by atoms with Crippen LogP contribution in [0.1, 0.15) is 5.56 Å². The number of ether oxygens (including phenoxy) is 1. The Balaban J connectivity index is 2.36. The van der Waals surface area contributed by atoms with Gasteiger partial charge in [-0.3, -0.25) is 10.1 Å². The van der Waals surface area contributed by atoms with Crippen LogP contribution in [0.5, 0.6) is 5.75 Å². The summed E-state index contributed by atoms with van der Waals surface area (Å²) >= 11 is 11.7. The first kappa shape index (κ1) is 21.1. The van der Waals surface area contributed by atoms with E-state index in [9.17, 15) is 27.3 Å². The van der Waals surface area contributed by atoms with E-state index in [4.69, 9.17) is 23.2 Å². The van der Waals surface area contributed by atoms with Crippen LogP contribution in [-0.2, 0) is 16.4 Å². The van der Waals surface area contributed by atoms with Crippen molar-refractivity contribution >= 4 is 44.4 Å². The van der Waals surface area contributed by atoms with Crippen LogP contribution in [0.15, 0.2) is 35.2 Å². The van der Waals surface area contributed by atoms with E-state index in [1.54, 1.807) is 0 Å². The summed E-state index contributed by atoms with van der Waals surface area (Å²) in [5, 5.41) is 13.8. The van der Waals surface area contributed by atoms with Gasteiger partial charge in [0, 0.05) is 35.1 Å². The second-order valence-electron chi connectivity index (χ2n) is 5.32. The van der Waals surface area contributed by atoms with Gasteiger partial charge in [0.1, 0.15) is 10.6 Å². The number of hydrogen-bond acceptors (Lipinski definition) is 6. The molecule has 12 heteroatoms. The van der Waals surface area contributed by atoms with Crippen LogP contribution in [0.3, 0.4) is 0 Å². The number of rotatable bonds is 7. The maximum Gasteiger partial charge on any atom is 0.387 e. The lowest BCUT2D eigenvalue weighted by atomic mass is 10.2. The van der Waals surface area contributed by atoms with Gasteiger partial charge in [-0.05, 0) is 24.3 Å². The minimum Gasteiger partial charge on any atom is -0.433 e. The molecule has 0 saturated carbocycles. The molecule has 0 saturated heterocycles. The van der Waals surface area contributed by atoms with Crippen molar-refractivity contribution in [3.8, 4) is 5.75 Å². The van der Waals surface area contributed by atoms with Crippen LogP contribution < -0.4 is 10.1 Å². The molecular weight excluding hydrogens is 429 g/mol. The van der Waals surface area contributed by atoms with Gasteiger partial charge in [0.15, 0.2) is 9.84 Å². The zero-order chi connectivity index (χ0) is 20.4. The first-order valence-electron chi connectivity index (χ1n) is 7.14. The smallest absolute Gasteiger partial charge is 0.387 e. The Kier molecular flexibility index (Phi) is 6.45. The highest BCUT2D eigenvalue weighted by molar-refractivity contribution is 7.90. The van der Waals surface area contributed by atoms with Crippen LogP contribution in [0.25, 0.3) is 0 Å². The SMILES string of the molecule is CS(=O)(=O)c1cc(NCc2cc(Cl)cc(Cl)c2OC(F)F)ccc1[N+](=O)[O-]. The minimum atomic E-state index is -3.87. The maximum atomic E-state index is 12.6. The van der Waals surface area contributed by atoms with Crippen molar-refractivity contribution in [2.75, 3.05) is 11.6 Å². The van der Waals surface area contributed by atoms with E-state index in [2.05, 4.69) is 10.1 Å². The lowest BCUT2D eigenvalue weighted by molar-refractivity contribution is -0.387. The fraction of sp³-hybridized carbons (Fsp3) is 0.200. The number of halogens is 4. The highest BCUT2D eigenvalue weighted by Gasteiger charge is 2.22. The third-order valence-corrected chi connectivity index (χ3v) is 4.96. The van der Waals surface area contributed by atoms with Gasteiger partial charge in [-0.2, -0.15) is 8.78 Å². The third-order valence-electron chi connectivity index (χ3n) is 3.33. The summed E-state index contributed by atoms with van der Waals surface area (Å²) in [5.41, 5.74) is -0.178. The molecule has 2 aromatic rings. The number of anilines is 1. The van der Waals surface area contributed by atoms with Crippen molar-refractivity contribution in [3.63, 3.8) is 0 Å². The molecule has 0 aliphatic carbocycles. The molecule has 0 bridgehead atoms. The Morgan fingerprint density at radius 2 is 1.93 bits per heavy atom. The standard InChI is InChI=1S/C15H12Cl2F2N2O5S/c1-27(24,25)13-6-10(2-3-12(13)21(22)23)20-7-8-4-9(16)5-11(17)14(8)26-15(18)19/h2-6,15,20H,7H2,1H3. The number of alkyl halides is 2. The van der Waals surface area contributed by atoms with E-state index in [1.165, 1.54) is 18.2 Å². The fourth-order valence-corrected chi connectivity index (χ4v) is 3.68. The van der Waals surface area contributed by atoms with Crippen molar-refractivity contribution in [2.24, 2.45) is 0 Å². The van der Waals surface area contributed by atoms with Crippen LogP contribution in [0.4, 0.5) is 20.2 Å². The average Bonchev–Trinajstić information content (AvgIpc) is 2.54. The second-order valence-corrected chi connectivity index (χ2v) is 8.15. The van der Waals surface area contributed by atoms with Gasteiger partial charge in [0.25, 0.3) is 5.69 Å². The molecular formula is C15H12Cl2F2N2O5S. The Bertz CT molecular complexity index is 986. The Morgan fingerprint density at radius 1 is 1.26 bits per heavy atom. The molecule has 27 heavy (non-hydrogen) atoms. The molecule has 0 spiro atoms. The molecule has 0 aliphatic rings. The number of benzene rings is 2. The van der Waals surface area contributed by atoms with Crippen molar-refractivity contribution in [1.82, 2.24) is 0 Å². The molecule has 2 rings (SSSR count). The van der Waals surface area contributed by atoms with E-state index in [0.29, 0.717) is 0 Å². The van der Waals surface area contributed by atoms with Gasteiger partial charge in [0.05, 0.1) is 9.95 Å². The molecule has 2 aromatic carbocycles. The number of nitro benzene ring substituents is 1. The molecule has 0 amide bonds. The minimum absolute atomic E-state index is 0.108. The van der Waals surface area contributed by atoms with Crippen molar-refractivity contribution in [2.45, 2.75) is 18.1 Å². The third kappa shape index (κ3) is 5.41. The quantitative estimate of drug-likeness (QED) is 0.501. The largest absolute Gasteiger partial charge is 0.433 e. The number of sulfone groups is 1. The molecule has 0 atom stereocenters. The van der Waals surface area contributed by atoms with E-state index >= 15 is 0 Å². The summed E-state index contributed by atoms with van der Waals surface area (Å²) in [6, 6.07) is 5.97. The average molecular weight is 441 g/mol. The molecule has 7 nitrogen and oxygen atoms in total. The Hall–Kier alpha value is -2.17. The number of hydrogen-bond donors (Lipinski definition) is 1. The Labute approximate surface area is 162 Å². The highest BCUT2D eigenvalue weighted by atomic mass is 35.5. The zero-order valence-corrected chi connectivity index (χ0v) is 15.9. The normalized spacial score (nSPS) is 11.5. The lowest BCUT2D eigenvalue weighted by Crippen LogP contribution is -2.09. The monoisotopic (exact) mass is 440 g/mol. The topological polar surface area (TPSA) is 98.5 Å². The van der Waals surface area contributed by atoms with Crippen molar-refractivity contribution in [3.05, 3.63) is 56.1 Å². The molecule has 1 N–H and O–H groups in total. The number of nitro groups is 1. The highest BCUT2D eigenvalue weighted by Crippen LogP contribution is 2.34. The van der Waals surface area contributed by atoms with E-state index in [1.807, 2.05) is 0 Å². The molecule has 146 valence electrons. The van der Waals surface area contributed by atoms with Gasteiger partial charge in [-0.25, -0.2) is 8.42 Å². The van der Waals surface area contributed by atoms with Crippen LogP contribution in [0, 0.1) is 10.1 Å². The summed E-state index contributed by atoms with van der Waals surface area (Å²) in [6.07, 6.45) is 0.838. The predicted octanol–water partition coefficient (Wildman–Crippen LogP) is 4.52. The maximum absolute atomic E-state index is 12.6. The van der Waals surface area contributed by atoms with Gasteiger partial charge in [-0.15, -0.1) is 0 Å². The van der Waals surface area contributed by atoms with Gasteiger partial charge < -0.3 is 10.1 Å². The summed E-state index contributed by atoms with van der Waals surface area (Å²) in [6.45, 7) is -3.22. The van der Waals surface area contributed by atoms with Crippen LogP contribution in [0.2, 0.25) is 10.0 Å². The van der Waals surface area contributed by atoms with Gasteiger partial charge in [0.2, 0.25) is 0 Å². The van der Waals surface area contributed by atoms with E-state index in [-0.39, 0.29) is 33.6 Å². The summed E-state index contributed by atoms with van der Waals surface area (Å²) in [4.78, 5) is 9.69. The molecule has 0 radical (unpaired) electrons. The molecule has 0 unspecified atom stereocenters. The van der Waals surface area contributed by atoms with Gasteiger partial charge in [-0.1, -0.05) is 23.2 Å². The number of nitrogens with one attached hydrogen (secondary N) is 1. The van der Waals surface area contributed by atoms with Crippen LogP contribution >= 0.6 is 23.2 Å². The van der Waals surface area contributed by atoms with Crippen molar-refractivity contribution in [1.29, 1.82) is 0 Å². The Morgan fingerprint density at radius 3 is 2.48 bits per heavy atom. The molecule has 0 fully saturated rings. The summed E-state index contributed by atoms with van der Waals surface area (Å²) < 4.78 is 53.1. The van der Waals surface area contributed by atoms with Crippen LogP contribution in [-0.4, -0.2) is 26.2 Å². The number of nitrogens with zero attached hydrogens (tertiary/aromatic N) is 1. The zero-order valence-electron chi connectivity index (χ0n) is 13.6. The summed E-state index contributed by atoms with van der Waals surface area (Å²) in [5.74, 6) is -0.284. The first-order valence-corrected chi connectivity index (χ1v) is 9.79. The lowest BCUT2D eigenvalue weighted by Gasteiger charge is -2.14. The molecule has 0 aromatic heterocycles. The molecule has 0 heterocycles. The fourth-order valence-electron chi connectivity index (χ4n) is 2.24.